The van der Waals surface area contributed by atoms with E-state index in [0.717, 1.165) is 16.7 Å². The Labute approximate surface area is 307 Å². The molecule has 13 nitrogen and oxygen atoms in total. The number of nitro groups is 1. The van der Waals surface area contributed by atoms with Crippen LogP contribution in [-0.4, -0.2) is 67.4 Å². The van der Waals surface area contributed by atoms with E-state index in [1.54, 1.807) is 57.4 Å². The Hall–Kier alpha value is -6.11. The normalized spacial score (nSPS) is 15.6. The second kappa shape index (κ2) is 17.9. The van der Waals surface area contributed by atoms with E-state index in [9.17, 15) is 24.5 Å². The maximum atomic E-state index is 14.1. The van der Waals surface area contributed by atoms with Gasteiger partial charge in [0.05, 0.1) is 44.6 Å². The first-order valence-corrected chi connectivity index (χ1v) is 17.0. The molecule has 0 spiro atoms. The number of β-lactam (4-membered cyclic amide) rings is 1. The molecular weight excluding hydrogens is 684 g/mol. The molecule has 3 unspecified atom stereocenters. The molecule has 0 aliphatic carbocycles. The lowest BCUT2D eigenvalue weighted by Crippen LogP contribution is -2.68. The molecule has 1 heterocycles. The summed E-state index contributed by atoms with van der Waals surface area (Å²) in [5.74, 6) is 0.416. The number of likely N-dealkylation sites (tertiary alicyclic amines) is 1. The summed E-state index contributed by atoms with van der Waals surface area (Å²) in [5.41, 5.74) is 3.11. The Morgan fingerprint density at radius 3 is 1.58 bits per heavy atom. The van der Waals surface area contributed by atoms with E-state index in [-0.39, 0.29) is 37.3 Å². The fourth-order valence-electron chi connectivity index (χ4n) is 6.35. The number of methoxy groups -OCH3 is 3. The van der Waals surface area contributed by atoms with Crippen LogP contribution in [0.1, 0.15) is 35.6 Å². The van der Waals surface area contributed by atoms with Crippen molar-refractivity contribution in [2.24, 2.45) is 5.92 Å². The fraction of sp³-hybridized carbons (Fsp3) is 0.325. The van der Waals surface area contributed by atoms with E-state index < -0.39 is 35.1 Å². The molecule has 0 aromatic heterocycles. The summed E-state index contributed by atoms with van der Waals surface area (Å²) in [6.45, 7) is 1.42. The minimum Gasteiger partial charge on any atom is -0.497 e. The number of nitro benzene ring substituents is 1. The van der Waals surface area contributed by atoms with Crippen LogP contribution < -0.4 is 14.2 Å². The zero-order valence-corrected chi connectivity index (χ0v) is 30.0. The Morgan fingerprint density at radius 1 is 0.698 bits per heavy atom. The van der Waals surface area contributed by atoms with Gasteiger partial charge in [0.25, 0.3) is 5.69 Å². The molecule has 1 saturated heterocycles. The van der Waals surface area contributed by atoms with Crippen molar-refractivity contribution in [3.63, 3.8) is 0 Å². The average molecular weight is 727 g/mol. The zero-order chi connectivity index (χ0) is 37.9. The Balaban J connectivity index is 1.35. The highest BCUT2D eigenvalue weighted by atomic mass is 16.7. The molecule has 1 aliphatic rings. The van der Waals surface area contributed by atoms with Gasteiger partial charge in [-0.15, -0.1) is 0 Å². The molecule has 1 amide bonds. The van der Waals surface area contributed by atoms with Gasteiger partial charge in [0.15, 0.2) is 0 Å². The predicted octanol–water partition coefficient (Wildman–Crippen LogP) is 6.48. The van der Waals surface area contributed by atoms with Gasteiger partial charge in [0, 0.05) is 18.2 Å². The van der Waals surface area contributed by atoms with Crippen LogP contribution in [0, 0.1) is 16.0 Å². The maximum Gasteiger partial charge on any atom is 0.508 e. The highest BCUT2D eigenvalue weighted by Gasteiger charge is 2.54. The van der Waals surface area contributed by atoms with E-state index in [1.165, 1.54) is 24.3 Å². The lowest BCUT2D eigenvalue weighted by atomic mass is 9.78. The number of carbonyl (C=O) groups is 3. The highest BCUT2D eigenvalue weighted by Crippen LogP contribution is 2.38. The van der Waals surface area contributed by atoms with Gasteiger partial charge in [-0.05, 0) is 90.6 Å². The minimum atomic E-state index is -1.02. The molecule has 1 aliphatic heterocycles. The smallest absolute Gasteiger partial charge is 0.497 e. The van der Waals surface area contributed by atoms with Crippen molar-refractivity contribution in [1.82, 2.24) is 4.90 Å². The first kappa shape index (κ1) is 38.1. The van der Waals surface area contributed by atoms with E-state index >= 15 is 0 Å². The first-order chi connectivity index (χ1) is 25.6. The van der Waals surface area contributed by atoms with Crippen LogP contribution in [0.25, 0.3) is 0 Å². The van der Waals surface area contributed by atoms with Crippen LogP contribution in [0.15, 0.2) is 97.1 Å². The lowest BCUT2D eigenvalue weighted by Gasteiger charge is -2.52. The summed E-state index contributed by atoms with van der Waals surface area (Å²) < 4.78 is 32.4. The number of carbonyl (C=O) groups excluding carboxylic acids is 3. The molecule has 3 atom stereocenters. The van der Waals surface area contributed by atoms with Crippen LogP contribution >= 0.6 is 0 Å². The van der Waals surface area contributed by atoms with Crippen molar-refractivity contribution >= 4 is 23.7 Å². The molecule has 5 rings (SSSR count). The average Bonchev–Trinajstić information content (AvgIpc) is 3.17. The van der Waals surface area contributed by atoms with Crippen LogP contribution in [0.3, 0.4) is 0 Å². The molecule has 0 radical (unpaired) electrons. The molecule has 4 aromatic rings. The molecule has 13 heteroatoms. The van der Waals surface area contributed by atoms with Crippen molar-refractivity contribution < 1.29 is 47.7 Å². The van der Waals surface area contributed by atoms with Gasteiger partial charge >= 0.3 is 12.1 Å². The number of rotatable bonds is 17. The predicted molar refractivity (Wildman–Crippen MR) is 193 cm³/mol. The van der Waals surface area contributed by atoms with Gasteiger partial charge in [-0.1, -0.05) is 36.4 Å². The number of ether oxygens (including phenoxy) is 6. The molecule has 0 N–H and O–H groups in total. The summed E-state index contributed by atoms with van der Waals surface area (Å²) in [7, 11) is 4.75. The zero-order valence-electron chi connectivity index (χ0n) is 30.0. The SMILES string of the molecule is COc1ccc(COC(=O)CC2C(C(C)OC(=O)OCc3ccc([N+](=O)[O-])cc3)C(=O)N2C(Cc2ccc(OC)cc2)Cc2ccc(OC)cc2)cc1. The van der Waals surface area contributed by atoms with Gasteiger partial charge in [-0.3, -0.25) is 19.7 Å². The summed E-state index contributed by atoms with van der Waals surface area (Å²) in [6.07, 6.45) is -1.17. The molecule has 0 bridgehead atoms. The van der Waals surface area contributed by atoms with Crippen molar-refractivity contribution in [2.45, 2.75) is 57.6 Å². The molecule has 0 saturated carbocycles. The third-order valence-corrected chi connectivity index (χ3v) is 9.19. The third kappa shape index (κ3) is 10.0. The Kier molecular flexibility index (Phi) is 12.9. The second-order valence-electron chi connectivity index (χ2n) is 12.6. The lowest BCUT2D eigenvalue weighted by molar-refractivity contribution is -0.384. The number of esters is 1. The number of benzene rings is 4. The van der Waals surface area contributed by atoms with Crippen LogP contribution in [0.4, 0.5) is 10.5 Å². The van der Waals surface area contributed by atoms with E-state index in [4.69, 9.17) is 28.4 Å². The molecule has 53 heavy (non-hydrogen) atoms. The Morgan fingerprint density at radius 2 is 1.13 bits per heavy atom. The van der Waals surface area contributed by atoms with Gasteiger partial charge in [-0.25, -0.2) is 4.79 Å². The second-order valence-corrected chi connectivity index (χ2v) is 12.6. The van der Waals surface area contributed by atoms with Crippen LogP contribution in [-0.2, 0) is 49.9 Å². The van der Waals surface area contributed by atoms with Gasteiger partial charge in [-0.2, -0.15) is 0 Å². The summed E-state index contributed by atoms with van der Waals surface area (Å²) in [4.78, 5) is 52.5. The van der Waals surface area contributed by atoms with Crippen molar-refractivity contribution in [3.05, 3.63) is 129 Å². The maximum absolute atomic E-state index is 14.1. The molecular formula is C40H42N2O11. The van der Waals surface area contributed by atoms with Gasteiger partial charge in [0.2, 0.25) is 5.91 Å². The fourth-order valence-corrected chi connectivity index (χ4v) is 6.35. The van der Waals surface area contributed by atoms with Gasteiger partial charge < -0.3 is 33.3 Å². The first-order valence-electron chi connectivity index (χ1n) is 17.0. The topological polar surface area (TPSA) is 153 Å². The standard InChI is InChI=1S/C40H42N2O11/c1-26(53-40(45)52-25-29-5-13-31(14-6-29)42(46)47)38-36(23-37(43)51-24-30-11-19-35(50-4)20-12-30)41(39(38)44)32(21-27-7-15-33(48-2)16-8-27)22-28-9-17-34(49-3)18-10-28/h5-20,26,32,36,38H,21-25H2,1-4H3. The van der Waals surface area contributed by atoms with Gasteiger partial charge in [0.1, 0.15) is 36.6 Å². The molecule has 1 fully saturated rings. The van der Waals surface area contributed by atoms with Crippen LogP contribution in [0.2, 0.25) is 0 Å². The summed E-state index contributed by atoms with van der Waals surface area (Å²) in [5, 5.41) is 11.0. The molecule has 4 aromatic carbocycles. The summed E-state index contributed by atoms with van der Waals surface area (Å²) >= 11 is 0. The number of amides is 1. The highest BCUT2D eigenvalue weighted by molar-refractivity contribution is 5.89. The molecule has 278 valence electrons. The van der Waals surface area contributed by atoms with Crippen molar-refractivity contribution in [3.8, 4) is 17.2 Å². The third-order valence-electron chi connectivity index (χ3n) is 9.19. The van der Waals surface area contributed by atoms with Crippen LogP contribution in [0.5, 0.6) is 17.2 Å². The number of non-ortho nitro benzene ring substituents is 1. The number of hydrogen-bond donors (Lipinski definition) is 0. The van der Waals surface area contributed by atoms with E-state index in [2.05, 4.69) is 0 Å². The number of nitrogens with zero attached hydrogens (tertiary/aromatic N) is 2. The van der Waals surface area contributed by atoms with E-state index in [1.807, 2.05) is 48.5 Å². The van der Waals surface area contributed by atoms with Crippen molar-refractivity contribution in [2.75, 3.05) is 21.3 Å². The minimum absolute atomic E-state index is 0.0241. The number of hydrogen-bond acceptors (Lipinski definition) is 11. The largest absolute Gasteiger partial charge is 0.508 e. The van der Waals surface area contributed by atoms with Crippen molar-refractivity contribution in [1.29, 1.82) is 0 Å². The summed E-state index contributed by atoms with van der Waals surface area (Å²) in [6, 6.07) is 26.8. The monoisotopic (exact) mass is 726 g/mol. The van der Waals surface area contributed by atoms with E-state index in [0.29, 0.717) is 35.7 Å². The quantitative estimate of drug-likeness (QED) is 0.0509. The Bertz CT molecular complexity index is 1800.